The van der Waals surface area contributed by atoms with E-state index in [1.165, 1.54) is 0 Å². The Morgan fingerprint density at radius 3 is 3.00 bits per heavy atom. The van der Waals surface area contributed by atoms with Gasteiger partial charge in [-0.15, -0.1) is 0 Å². The Labute approximate surface area is 86.6 Å². The van der Waals surface area contributed by atoms with Gasteiger partial charge in [0.15, 0.2) is 0 Å². The summed E-state index contributed by atoms with van der Waals surface area (Å²) in [6.45, 7) is 1.35. The smallest absolute Gasteiger partial charge is 0.291 e. The van der Waals surface area contributed by atoms with E-state index in [2.05, 4.69) is 10.3 Å². The van der Waals surface area contributed by atoms with Gasteiger partial charge in [-0.3, -0.25) is 5.32 Å². The van der Waals surface area contributed by atoms with Gasteiger partial charge in [0.05, 0.1) is 6.54 Å². The molecule has 1 N–H and O–H groups in total. The summed E-state index contributed by atoms with van der Waals surface area (Å²) >= 11 is 0. The van der Waals surface area contributed by atoms with E-state index in [1.54, 1.807) is 0 Å². The third-order valence-corrected chi connectivity index (χ3v) is 2.24. The van der Waals surface area contributed by atoms with Crippen molar-refractivity contribution in [3.05, 3.63) is 30.3 Å². The molecule has 0 aliphatic carbocycles. The van der Waals surface area contributed by atoms with Gasteiger partial charge >= 0.3 is 0 Å². The third-order valence-electron chi connectivity index (χ3n) is 2.24. The van der Waals surface area contributed by atoms with Crippen LogP contribution in [0.1, 0.15) is 0 Å². The van der Waals surface area contributed by atoms with Crippen molar-refractivity contribution in [1.82, 2.24) is 0 Å². The molecule has 0 radical (unpaired) electrons. The second kappa shape index (κ2) is 3.31. The van der Waals surface area contributed by atoms with Crippen LogP contribution >= 0.6 is 0 Å². The fraction of sp³-hybridized carbons (Fsp3) is 0.182. The Morgan fingerprint density at radius 2 is 2.20 bits per heavy atom. The minimum Gasteiger partial charge on any atom is -0.463 e. The number of anilines is 1. The van der Waals surface area contributed by atoms with Gasteiger partial charge in [-0.05, 0) is 6.07 Å². The minimum absolute atomic E-state index is 0.536. The summed E-state index contributed by atoms with van der Waals surface area (Å²) in [5, 5.41) is 4.06. The first-order valence-corrected chi connectivity index (χ1v) is 4.85. The number of rotatable bonds is 1. The van der Waals surface area contributed by atoms with Gasteiger partial charge in [0.2, 0.25) is 5.88 Å². The SMILES string of the molecule is c1ccc2oc(NC3=NCCO3)cc2c1. The summed E-state index contributed by atoms with van der Waals surface area (Å²) in [4.78, 5) is 4.12. The van der Waals surface area contributed by atoms with Crippen LogP contribution in [0.5, 0.6) is 0 Å². The second-order valence-corrected chi connectivity index (χ2v) is 3.31. The summed E-state index contributed by atoms with van der Waals surface area (Å²) < 4.78 is 10.8. The summed E-state index contributed by atoms with van der Waals surface area (Å²) in [5.41, 5.74) is 0.860. The van der Waals surface area contributed by atoms with Crippen molar-refractivity contribution in [1.29, 1.82) is 0 Å². The molecule has 15 heavy (non-hydrogen) atoms. The van der Waals surface area contributed by atoms with Crippen molar-refractivity contribution in [3.8, 4) is 0 Å². The van der Waals surface area contributed by atoms with Crippen LogP contribution in [0.2, 0.25) is 0 Å². The van der Waals surface area contributed by atoms with Crippen molar-refractivity contribution in [2.75, 3.05) is 18.5 Å². The largest absolute Gasteiger partial charge is 0.463 e. The van der Waals surface area contributed by atoms with Gasteiger partial charge in [-0.1, -0.05) is 18.2 Å². The Kier molecular flexibility index (Phi) is 1.84. The molecule has 0 atom stereocenters. The number of para-hydroxylation sites is 1. The molecule has 76 valence electrons. The van der Waals surface area contributed by atoms with Crippen LogP contribution < -0.4 is 5.32 Å². The number of hydrogen-bond acceptors (Lipinski definition) is 4. The first kappa shape index (κ1) is 8.35. The van der Waals surface area contributed by atoms with E-state index < -0.39 is 0 Å². The highest BCUT2D eigenvalue weighted by Crippen LogP contribution is 2.22. The minimum atomic E-state index is 0.536. The van der Waals surface area contributed by atoms with Crippen LogP contribution in [0.25, 0.3) is 11.0 Å². The van der Waals surface area contributed by atoms with E-state index in [4.69, 9.17) is 9.15 Å². The molecule has 0 fully saturated rings. The normalized spacial score (nSPS) is 15.1. The number of benzene rings is 1. The van der Waals surface area contributed by atoms with E-state index in [0.29, 0.717) is 25.1 Å². The molecule has 0 amide bonds. The molecule has 1 aliphatic rings. The molecule has 0 bridgehead atoms. The number of ether oxygens (including phenoxy) is 1. The summed E-state index contributed by atoms with van der Waals surface area (Å²) in [5.74, 6) is 0.664. The molecule has 0 spiro atoms. The summed E-state index contributed by atoms with van der Waals surface area (Å²) in [7, 11) is 0. The fourth-order valence-corrected chi connectivity index (χ4v) is 1.56. The molecule has 0 unspecified atom stereocenters. The topological polar surface area (TPSA) is 46.8 Å². The van der Waals surface area contributed by atoms with Crippen molar-refractivity contribution < 1.29 is 9.15 Å². The number of furan rings is 1. The lowest BCUT2D eigenvalue weighted by Crippen LogP contribution is -2.10. The molecular weight excluding hydrogens is 192 g/mol. The zero-order valence-corrected chi connectivity index (χ0v) is 8.06. The molecule has 4 nitrogen and oxygen atoms in total. The third kappa shape index (κ3) is 1.54. The molecule has 3 rings (SSSR count). The number of nitrogens with zero attached hydrogens (tertiary/aromatic N) is 1. The van der Waals surface area contributed by atoms with Crippen LogP contribution in [0, 0.1) is 0 Å². The zero-order chi connectivity index (χ0) is 10.1. The average molecular weight is 202 g/mol. The monoisotopic (exact) mass is 202 g/mol. The molecule has 1 aromatic carbocycles. The van der Waals surface area contributed by atoms with Crippen molar-refractivity contribution >= 4 is 22.9 Å². The van der Waals surface area contributed by atoms with E-state index in [9.17, 15) is 0 Å². The highest BCUT2D eigenvalue weighted by Gasteiger charge is 2.09. The number of fused-ring (bicyclic) bond motifs is 1. The van der Waals surface area contributed by atoms with Crippen LogP contribution in [-0.4, -0.2) is 19.2 Å². The van der Waals surface area contributed by atoms with E-state index in [0.717, 1.165) is 11.0 Å². The van der Waals surface area contributed by atoms with Crippen molar-refractivity contribution in [2.24, 2.45) is 4.99 Å². The Hall–Kier alpha value is -1.97. The maximum Gasteiger partial charge on any atom is 0.291 e. The zero-order valence-electron chi connectivity index (χ0n) is 8.06. The van der Waals surface area contributed by atoms with Gasteiger partial charge in [0.25, 0.3) is 6.02 Å². The molecule has 0 saturated heterocycles. The lowest BCUT2D eigenvalue weighted by atomic mass is 10.3. The first-order valence-electron chi connectivity index (χ1n) is 4.85. The van der Waals surface area contributed by atoms with E-state index >= 15 is 0 Å². The highest BCUT2D eigenvalue weighted by atomic mass is 16.5. The number of amidine groups is 1. The molecule has 1 aromatic heterocycles. The van der Waals surface area contributed by atoms with Crippen LogP contribution in [0.3, 0.4) is 0 Å². The van der Waals surface area contributed by atoms with Gasteiger partial charge in [0, 0.05) is 11.5 Å². The highest BCUT2D eigenvalue weighted by molar-refractivity contribution is 5.91. The van der Waals surface area contributed by atoms with Crippen LogP contribution in [0.4, 0.5) is 5.88 Å². The second-order valence-electron chi connectivity index (χ2n) is 3.31. The molecule has 0 saturated carbocycles. The average Bonchev–Trinajstić information content (AvgIpc) is 2.86. The Morgan fingerprint density at radius 1 is 1.27 bits per heavy atom. The van der Waals surface area contributed by atoms with E-state index in [1.807, 2.05) is 30.3 Å². The number of hydrogen-bond donors (Lipinski definition) is 1. The van der Waals surface area contributed by atoms with Gasteiger partial charge in [-0.2, -0.15) is 0 Å². The molecule has 4 heteroatoms. The van der Waals surface area contributed by atoms with E-state index in [-0.39, 0.29) is 0 Å². The molecule has 2 heterocycles. The van der Waals surface area contributed by atoms with Gasteiger partial charge < -0.3 is 9.15 Å². The Balaban J connectivity index is 1.91. The fourth-order valence-electron chi connectivity index (χ4n) is 1.56. The van der Waals surface area contributed by atoms with Crippen LogP contribution in [0.15, 0.2) is 39.7 Å². The lowest BCUT2D eigenvalue weighted by Gasteiger charge is -2.00. The summed E-state index contributed by atoms with van der Waals surface area (Å²) in [6.07, 6.45) is 0. The van der Waals surface area contributed by atoms with Crippen molar-refractivity contribution in [3.63, 3.8) is 0 Å². The maximum atomic E-state index is 5.56. The molecular formula is C11H10N2O2. The maximum absolute atomic E-state index is 5.56. The quantitative estimate of drug-likeness (QED) is 0.771. The molecule has 1 aliphatic heterocycles. The van der Waals surface area contributed by atoms with Gasteiger partial charge in [-0.25, -0.2) is 4.99 Å². The van der Waals surface area contributed by atoms with Gasteiger partial charge in [0.1, 0.15) is 12.2 Å². The predicted octanol–water partition coefficient (Wildman–Crippen LogP) is 2.23. The summed E-state index contributed by atoms with van der Waals surface area (Å²) in [6, 6.07) is 10.3. The Bertz CT molecular complexity index is 483. The predicted molar refractivity (Wildman–Crippen MR) is 58.1 cm³/mol. The molecule has 2 aromatic rings. The number of aliphatic imine (C=N–C) groups is 1. The standard InChI is InChI=1S/C11H10N2O2/c1-2-4-9-8(3-1)7-10(15-9)13-11-12-5-6-14-11/h1-4,7H,5-6H2,(H,12,13). The number of nitrogens with one attached hydrogen (secondary N) is 1. The van der Waals surface area contributed by atoms with Crippen molar-refractivity contribution in [2.45, 2.75) is 0 Å². The lowest BCUT2D eigenvalue weighted by molar-refractivity contribution is 0.345. The van der Waals surface area contributed by atoms with Crippen LogP contribution in [-0.2, 0) is 4.74 Å². The first-order chi connectivity index (χ1) is 7.42.